The molecular formula is C14H17F2NO3S. The van der Waals surface area contributed by atoms with Crippen LogP contribution in [0, 0.1) is 5.41 Å². The number of carboxylic acids is 1. The first kappa shape index (κ1) is 17.4. The molecule has 0 aromatic heterocycles. The molecule has 1 aromatic rings. The smallest absolute Gasteiger partial charge is 0.309 e. The molecule has 0 saturated heterocycles. The summed E-state index contributed by atoms with van der Waals surface area (Å²) < 4.78 is 24.3. The summed E-state index contributed by atoms with van der Waals surface area (Å²) in [6.07, 6.45) is 0.299. The van der Waals surface area contributed by atoms with Crippen molar-refractivity contribution in [2.24, 2.45) is 5.41 Å². The van der Waals surface area contributed by atoms with Crippen LogP contribution >= 0.6 is 11.8 Å². The minimum Gasteiger partial charge on any atom is -0.481 e. The quantitative estimate of drug-likeness (QED) is 0.758. The Balaban J connectivity index is 2.51. The molecule has 0 radical (unpaired) electrons. The maximum absolute atomic E-state index is 12.2. The normalized spacial score (nSPS) is 11.5. The molecule has 21 heavy (non-hydrogen) atoms. The lowest BCUT2D eigenvalue weighted by molar-refractivity contribution is -0.147. The van der Waals surface area contributed by atoms with Crippen molar-refractivity contribution in [1.82, 2.24) is 5.32 Å². The van der Waals surface area contributed by atoms with Gasteiger partial charge in [-0.2, -0.15) is 8.78 Å². The van der Waals surface area contributed by atoms with Gasteiger partial charge in [0.2, 0.25) is 0 Å². The first-order valence-electron chi connectivity index (χ1n) is 6.29. The van der Waals surface area contributed by atoms with E-state index in [1.807, 2.05) is 0 Å². The van der Waals surface area contributed by atoms with Crippen molar-refractivity contribution in [2.75, 3.05) is 6.54 Å². The van der Waals surface area contributed by atoms with E-state index in [1.54, 1.807) is 13.8 Å². The number of hydrogen-bond acceptors (Lipinski definition) is 3. The molecule has 0 saturated carbocycles. The number of carbonyl (C=O) groups is 2. The Morgan fingerprint density at radius 1 is 1.29 bits per heavy atom. The summed E-state index contributed by atoms with van der Waals surface area (Å²) in [5, 5.41) is 11.6. The van der Waals surface area contributed by atoms with Gasteiger partial charge < -0.3 is 10.4 Å². The van der Waals surface area contributed by atoms with Crippen molar-refractivity contribution in [3.63, 3.8) is 0 Å². The number of thioether (sulfide) groups is 1. The Labute approximate surface area is 125 Å². The number of hydrogen-bond donors (Lipinski definition) is 2. The van der Waals surface area contributed by atoms with Gasteiger partial charge in [0.15, 0.2) is 0 Å². The highest BCUT2D eigenvalue weighted by Gasteiger charge is 2.26. The molecule has 0 spiro atoms. The molecule has 0 aliphatic carbocycles. The first-order valence-corrected chi connectivity index (χ1v) is 7.17. The second kappa shape index (κ2) is 7.40. The molecule has 0 fully saturated rings. The number of amides is 1. The lowest BCUT2D eigenvalue weighted by atomic mass is 9.90. The zero-order valence-electron chi connectivity index (χ0n) is 11.7. The molecular weight excluding hydrogens is 300 g/mol. The lowest BCUT2D eigenvalue weighted by Gasteiger charge is -2.18. The average Bonchev–Trinajstić information content (AvgIpc) is 2.38. The van der Waals surface area contributed by atoms with Gasteiger partial charge in [-0.1, -0.05) is 11.8 Å². The molecule has 0 unspecified atom stereocenters. The van der Waals surface area contributed by atoms with Crippen LogP contribution in [0.3, 0.4) is 0 Å². The van der Waals surface area contributed by atoms with Crippen molar-refractivity contribution in [3.05, 3.63) is 29.8 Å². The van der Waals surface area contributed by atoms with Crippen molar-refractivity contribution >= 4 is 23.6 Å². The summed E-state index contributed by atoms with van der Waals surface area (Å²) in [5.74, 6) is -3.78. The van der Waals surface area contributed by atoms with Gasteiger partial charge in [-0.15, -0.1) is 0 Å². The van der Waals surface area contributed by atoms with Crippen LogP contribution in [-0.2, 0) is 4.79 Å². The minimum absolute atomic E-state index is 0.228. The van der Waals surface area contributed by atoms with Crippen LogP contribution in [-0.4, -0.2) is 29.3 Å². The number of carbonyl (C=O) groups excluding carboxylic acids is 1. The van der Waals surface area contributed by atoms with Gasteiger partial charge in [0.05, 0.1) is 5.41 Å². The summed E-state index contributed by atoms with van der Waals surface area (Å²) in [5.41, 5.74) is -0.563. The Morgan fingerprint density at radius 2 is 1.86 bits per heavy atom. The zero-order valence-corrected chi connectivity index (χ0v) is 12.5. The number of halogens is 2. The number of rotatable bonds is 7. The number of carboxylic acid groups (broad SMARTS) is 1. The van der Waals surface area contributed by atoms with Crippen LogP contribution in [0.2, 0.25) is 0 Å². The molecule has 2 N–H and O–H groups in total. The van der Waals surface area contributed by atoms with E-state index < -0.39 is 17.1 Å². The van der Waals surface area contributed by atoms with Crippen LogP contribution in [0.25, 0.3) is 0 Å². The van der Waals surface area contributed by atoms with Gasteiger partial charge in [-0.3, -0.25) is 9.59 Å². The highest BCUT2D eigenvalue weighted by molar-refractivity contribution is 7.99. The summed E-state index contributed by atoms with van der Waals surface area (Å²) >= 11 is 0.413. The summed E-state index contributed by atoms with van der Waals surface area (Å²) in [6.45, 7) is 3.39. The standard InChI is InChI=1S/C14H17F2NO3S/c1-14(2,12(19)20)7-8-17-11(18)9-3-5-10(6-4-9)21-13(15)16/h3-6,13H,7-8H2,1-2H3,(H,17,18)(H,19,20). The molecule has 1 aromatic carbocycles. The number of nitrogens with one attached hydrogen (secondary N) is 1. The van der Waals surface area contributed by atoms with Gasteiger partial charge in [0.1, 0.15) is 0 Å². The highest BCUT2D eigenvalue weighted by Crippen LogP contribution is 2.25. The van der Waals surface area contributed by atoms with E-state index in [0.29, 0.717) is 28.6 Å². The average molecular weight is 317 g/mol. The lowest BCUT2D eigenvalue weighted by Crippen LogP contribution is -2.31. The van der Waals surface area contributed by atoms with Crippen molar-refractivity contribution in [1.29, 1.82) is 0 Å². The van der Waals surface area contributed by atoms with Gasteiger partial charge in [-0.05, 0) is 44.5 Å². The van der Waals surface area contributed by atoms with Crippen molar-refractivity contribution in [3.8, 4) is 0 Å². The molecule has 0 aliphatic rings. The van der Waals surface area contributed by atoms with Crippen molar-refractivity contribution in [2.45, 2.75) is 30.9 Å². The predicted molar refractivity (Wildman–Crippen MR) is 76.7 cm³/mol. The van der Waals surface area contributed by atoms with E-state index in [2.05, 4.69) is 5.32 Å². The van der Waals surface area contributed by atoms with E-state index in [-0.39, 0.29) is 12.5 Å². The molecule has 0 heterocycles. The van der Waals surface area contributed by atoms with E-state index >= 15 is 0 Å². The molecule has 0 aliphatic heterocycles. The Hall–Kier alpha value is -1.63. The minimum atomic E-state index is -2.50. The maximum Gasteiger partial charge on any atom is 0.309 e. The molecule has 1 rings (SSSR count). The fourth-order valence-corrected chi connectivity index (χ4v) is 1.98. The molecule has 0 atom stereocenters. The zero-order chi connectivity index (χ0) is 16.0. The third-order valence-electron chi connectivity index (χ3n) is 2.96. The van der Waals surface area contributed by atoms with Gasteiger partial charge in [0, 0.05) is 17.0 Å². The summed E-state index contributed by atoms with van der Waals surface area (Å²) in [6, 6.07) is 5.82. The third kappa shape index (κ3) is 5.71. The van der Waals surface area contributed by atoms with E-state index in [9.17, 15) is 18.4 Å². The predicted octanol–water partition coefficient (Wildman–Crippen LogP) is 3.23. The molecule has 0 bridgehead atoms. The Bertz CT molecular complexity index is 503. The monoisotopic (exact) mass is 317 g/mol. The van der Waals surface area contributed by atoms with Crippen LogP contribution in [0.4, 0.5) is 8.78 Å². The molecule has 7 heteroatoms. The number of aliphatic carboxylic acids is 1. The van der Waals surface area contributed by atoms with Gasteiger partial charge >= 0.3 is 5.97 Å². The van der Waals surface area contributed by atoms with Crippen LogP contribution < -0.4 is 5.32 Å². The number of alkyl halides is 2. The summed E-state index contributed by atoms with van der Waals surface area (Å²) in [4.78, 5) is 23.1. The van der Waals surface area contributed by atoms with Crippen LogP contribution in [0.5, 0.6) is 0 Å². The topological polar surface area (TPSA) is 66.4 Å². The van der Waals surface area contributed by atoms with Crippen LogP contribution in [0.15, 0.2) is 29.2 Å². The number of benzene rings is 1. The van der Waals surface area contributed by atoms with Crippen molar-refractivity contribution < 1.29 is 23.5 Å². The first-order chi connectivity index (χ1) is 9.72. The fourth-order valence-electron chi connectivity index (χ4n) is 1.49. The largest absolute Gasteiger partial charge is 0.481 e. The van der Waals surface area contributed by atoms with E-state index in [1.165, 1.54) is 24.3 Å². The molecule has 4 nitrogen and oxygen atoms in total. The van der Waals surface area contributed by atoms with E-state index in [4.69, 9.17) is 5.11 Å². The highest BCUT2D eigenvalue weighted by atomic mass is 32.2. The SMILES string of the molecule is CC(C)(CCNC(=O)c1ccc(SC(F)F)cc1)C(=O)O. The maximum atomic E-state index is 12.2. The summed E-state index contributed by atoms with van der Waals surface area (Å²) in [7, 11) is 0. The second-order valence-electron chi connectivity index (χ2n) is 5.10. The molecule has 116 valence electrons. The third-order valence-corrected chi connectivity index (χ3v) is 3.68. The Morgan fingerprint density at radius 3 is 2.33 bits per heavy atom. The van der Waals surface area contributed by atoms with E-state index in [0.717, 1.165) is 0 Å². The Kier molecular flexibility index (Phi) is 6.14. The van der Waals surface area contributed by atoms with Gasteiger partial charge in [0.25, 0.3) is 11.7 Å². The second-order valence-corrected chi connectivity index (χ2v) is 6.16. The fraction of sp³-hybridized carbons (Fsp3) is 0.429. The van der Waals surface area contributed by atoms with Gasteiger partial charge in [-0.25, -0.2) is 0 Å². The molecule has 1 amide bonds. The van der Waals surface area contributed by atoms with Crippen LogP contribution in [0.1, 0.15) is 30.6 Å².